The van der Waals surface area contributed by atoms with Crippen LogP contribution in [0.1, 0.15) is 47.9 Å². The second-order valence-corrected chi connectivity index (χ2v) is 8.69. The monoisotopic (exact) mass is 474 g/mol. The van der Waals surface area contributed by atoms with E-state index >= 15 is 0 Å². The first kappa shape index (κ1) is 24.7. The highest BCUT2D eigenvalue weighted by Crippen LogP contribution is 2.45. The van der Waals surface area contributed by atoms with Crippen molar-refractivity contribution in [2.45, 2.75) is 37.9 Å². The average Bonchev–Trinajstić information content (AvgIpc) is 3.27. The lowest BCUT2D eigenvalue weighted by atomic mass is 9.81. The Morgan fingerprint density at radius 3 is 2.60 bits per heavy atom. The van der Waals surface area contributed by atoms with E-state index in [1.165, 1.54) is 12.1 Å². The largest absolute Gasteiger partial charge is 0.497 e. The summed E-state index contributed by atoms with van der Waals surface area (Å²) >= 11 is 0. The lowest BCUT2D eigenvalue weighted by Gasteiger charge is -2.30. The quantitative estimate of drug-likeness (QED) is 0.341. The van der Waals surface area contributed by atoms with Gasteiger partial charge in [-0.15, -0.1) is 0 Å². The van der Waals surface area contributed by atoms with Gasteiger partial charge in [0.25, 0.3) is 0 Å². The van der Waals surface area contributed by atoms with Crippen LogP contribution in [0.3, 0.4) is 0 Å². The molecule has 3 aromatic rings. The molecule has 1 unspecified atom stereocenters. The molecule has 0 aromatic heterocycles. The highest BCUT2D eigenvalue weighted by atomic mass is 19.1. The van der Waals surface area contributed by atoms with Gasteiger partial charge in [-0.05, 0) is 91.9 Å². The van der Waals surface area contributed by atoms with Crippen LogP contribution in [0.4, 0.5) is 4.39 Å². The molecule has 1 N–H and O–H groups in total. The second-order valence-electron chi connectivity index (χ2n) is 8.69. The summed E-state index contributed by atoms with van der Waals surface area (Å²) in [4.78, 5) is 0. The lowest BCUT2D eigenvalue weighted by molar-refractivity contribution is -0.0129. The molecule has 6 heteroatoms. The Kier molecular flexibility index (Phi) is 8.36. The maximum Gasteiger partial charge on any atom is 0.123 e. The molecule has 0 saturated carbocycles. The van der Waals surface area contributed by atoms with Gasteiger partial charge >= 0.3 is 0 Å². The Morgan fingerprint density at radius 2 is 1.80 bits per heavy atom. The van der Waals surface area contributed by atoms with Crippen LogP contribution in [0.15, 0.2) is 66.7 Å². The maximum atomic E-state index is 13.6. The molecule has 1 aliphatic rings. The fraction of sp³-hybridized carbons (Fsp3) is 0.345. The van der Waals surface area contributed by atoms with Gasteiger partial charge in [-0.25, -0.2) is 4.39 Å². The van der Waals surface area contributed by atoms with Gasteiger partial charge in [0.05, 0.1) is 32.0 Å². The first-order valence-electron chi connectivity index (χ1n) is 12.1. The standard InChI is InChI=1S/C29H31FN2O3/c1-33-26-6-4-7-27(19-26)34-17-3-2-15-32-16-5-14-29(24-9-11-25(30)12-10-24)28-13-8-22(20-31)18-23(28)21-35-29/h4,6-13,18-19,32H,2-3,5,14-17,21H2,1H3. The Labute approximate surface area is 206 Å². The summed E-state index contributed by atoms with van der Waals surface area (Å²) in [5, 5.41) is 12.8. The molecule has 0 aliphatic carbocycles. The summed E-state index contributed by atoms with van der Waals surface area (Å²) in [6.07, 6.45) is 3.64. The molecular formula is C29H31FN2O3. The van der Waals surface area contributed by atoms with Crippen LogP contribution in [-0.4, -0.2) is 26.8 Å². The number of methoxy groups -OCH3 is 1. The van der Waals surface area contributed by atoms with Gasteiger partial charge in [-0.3, -0.25) is 0 Å². The number of nitriles is 1. The number of benzene rings is 3. The molecular weight excluding hydrogens is 443 g/mol. The van der Waals surface area contributed by atoms with Gasteiger partial charge in [-0.1, -0.05) is 24.3 Å². The van der Waals surface area contributed by atoms with E-state index in [1.807, 2.05) is 42.5 Å². The molecule has 1 heterocycles. The Balaban J connectivity index is 1.26. The molecule has 1 aliphatic heterocycles. The summed E-state index contributed by atoms with van der Waals surface area (Å²) in [7, 11) is 1.65. The molecule has 0 radical (unpaired) electrons. The Hall–Kier alpha value is -3.40. The van der Waals surface area contributed by atoms with E-state index in [-0.39, 0.29) is 5.82 Å². The molecule has 1 atom stereocenters. The van der Waals surface area contributed by atoms with Crippen LogP contribution in [0.2, 0.25) is 0 Å². The number of hydrogen-bond donors (Lipinski definition) is 1. The fourth-order valence-corrected chi connectivity index (χ4v) is 4.58. The zero-order chi connectivity index (χ0) is 24.5. The third-order valence-electron chi connectivity index (χ3n) is 6.39. The van der Waals surface area contributed by atoms with Crippen LogP contribution >= 0.6 is 0 Å². The van der Waals surface area contributed by atoms with Crippen molar-refractivity contribution >= 4 is 0 Å². The van der Waals surface area contributed by atoms with Crippen molar-refractivity contribution < 1.29 is 18.6 Å². The number of halogens is 1. The minimum absolute atomic E-state index is 0.265. The zero-order valence-corrected chi connectivity index (χ0v) is 20.1. The van der Waals surface area contributed by atoms with Gasteiger partial charge in [0, 0.05) is 6.07 Å². The summed E-state index contributed by atoms with van der Waals surface area (Å²) < 4.78 is 31.0. The number of ether oxygens (including phenoxy) is 3. The smallest absolute Gasteiger partial charge is 0.123 e. The van der Waals surface area contributed by atoms with Gasteiger partial charge in [-0.2, -0.15) is 5.26 Å². The van der Waals surface area contributed by atoms with E-state index in [2.05, 4.69) is 11.4 Å². The van der Waals surface area contributed by atoms with Gasteiger partial charge < -0.3 is 19.5 Å². The number of fused-ring (bicyclic) bond motifs is 1. The predicted octanol–water partition coefficient (Wildman–Crippen LogP) is 5.71. The minimum Gasteiger partial charge on any atom is -0.497 e. The zero-order valence-electron chi connectivity index (χ0n) is 20.1. The third-order valence-corrected chi connectivity index (χ3v) is 6.39. The molecule has 4 rings (SSSR count). The van der Waals surface area contributed by atoms with Crippen LogP contribution < -0.4 is 14.8 Å². The predicted molar refractivity (Wildman–Crippen MR) is 133 cm³/mol. The molecule has 5 nitrogen and oxygen atoms in total. The summed E-state index contributed by atoms with van der Waals surface area (Å²) in [5.41, 5.74) is 3.04. The molecule has 0 fully saturated rings. The van der Waals surface area contributed by atoms with Crippen molar-refractivity contribution in [1.82, 2.24) is 5.32 Å². The SMILES string of the molecule is COc1cccc(OCCCCNCCCC2(c3ccc(F)cc3)OCc3cc(C#N)ccc32)c1. The van der Waals surface area contributed by atoms with Gasteiger partial charge in [0.15, 0.2) is 0 Å². The van der Waals surface area contributed by atoms with Gasteiger partial charge in [0.2, 0.25) is 0 Å². The normalized spacial score (nSPS) is 16.5. The van der Waals surface area contributed by atoms with Crippen molar-refractivity contribution in [1.29, 1.82) is 5.26 Å². The van der Waals surface area contributed by atoms with E-state index in [4.69, 9.17) is 14.2 Å². The van der Waals surface area contributed by atoms with E-state index in [1.54, 1.807) is 19.2 Å². The highest BCUT2D eigenvalue weighted by molar-refractivity contribution is 5.48. The van der Waals surface area contributed by atoms with E-state index in [9.17, 15) is 9.65 Å². The Bertz CT molecular complexity index is 1160. The summed E-state index contributed by atoms with van der Waals surface area (Å²) in [6.45, 7) is 2.88. The molecule has 0 bridgehead atoms. The third kappa shape index (κ3) is 6.00. The van der Waals surface area contributed by atoms with Crippen LogP contribution in [0.25, 0.3) is 0 Å². The molecule has 0 amide bonds. The van der Waals surface area contributed by atoms with E-state index < -0.39 is 5.60 Å². The van der Waals surface area contributed by atoms with Crippen molar-refractivity contribution in [3.05, 3.63) is 94.8 Å². The average molecular weight is 475 g/mol. The fourth-order valence-electron chi connectivity index (χ4n) is 4.58. The number of nitrogens with zero attached hydrogens (tertiary/aromatic N) is 1. The van der Waals surface area contributed by atoms with Crippen LogP contribution in [0, 0.1) is 17.1 Å². The number of rotatable bonds is 12. The highest BCUT2D eigenvalue weighted by Gasteiger charge is 2.41. The Morgan fingerprint density at radius 1 is 1.00 bits per heavy atom. The molecule has 3 aromatic carbocycles. The number of nitrogens with one attached hydrogen (secondary N) is 1. The van der Waals surface area contributed by atoms with Crippen LogP contribution in [-0.2, 0) is 16.9 Å². The minimum atomic E-state index is -0.622. The second kappa shape index (κ2) is 11.8. The summed E-state index contributed by atoms with van der Waals surface area (Å²) in [6, 6.07) is 22.1. The van der Waals surface area contributed by atoms with Crippen molar-refractivity contribution in [2.24, 2.45) is 0 Å². The molecule has 0 saturated heterocycles. The maximum absolute atomic E-state index is 13.6. The first-order valence-corrected chi connectivity index (χ1v) is 12.1. The van der Waals surface area contributed by atoms with Crippen molar-refractivity contribution in [3.8, 4) is 17.6 Å². The van der Waals surface area contributed by atoms with Gasteiger partial charge in [0.1, 0.15) is 22.9 Å². The number of unbranched alkanes of at least 4 members (excludes halogenated alkanes) is 1. The van der Waals surface area contributed by atoms with E-state index in [0.29, 0.717) is 18.8 Å². The lowest BCUT2D eigenvalue weighted by Crippen LogP contribution is -2.29. The molecule has 182 valence electrons. The summed E-state index contributed by atoms with van der Waals surface area (Å²) in [5.74, 6) is 1.35. The van der Waals surface area contributed by atoms with Crippen LogP contribution in [0.5, 0.6) is 11.5 Å². The topological polar surface area (TPSA) is 63.5 Å². The molecule has 35 heavy (non-hydrogen) atoms. The first-order chi connectivity index (χ1) is 17.1. The van der Waals surface area contributed by atoms with E-state index in [0.717, 1.165) is 67.0 Å². The van der Waals surface area contributed by atoms with Crippen molar-refractivity contribution in [3.63, 3.8) is 0 Å². The number of hydrogen-bond acceptors (Lipinski definition) is 5. The van der Waals surface area contributed by atoms with Crippen molar-refractivity contribution in [2.75, 3.05) is 26.8 Å². The molecule has 0 spiro atoms.